The minimum atomic E-state index is -0.156. The maximum absolute atomic E-state index is 13.5. The number of unbranched alkanes of at least 4 members (excludes halogenated alkanes) is 3. The summed E-state index contributed by atoms with van der Waals surface area (Å²) in [5.74, 6) is -0.612. The highest BCUT2D eigenvalue weighted by atomic mass is 16.2. The SMILES string of the molecule is CCCCCCn1c2ccc(/C=C/c3ccc4c(c3)C(=O)N(C3CCCCC3)C4=O)cc2c2cc(/C=C/c3ccc4c(c3)C(=O)N(C3CCCCC3)C4=O)ccc21. The van der Waals surface area contributed by atoms with E-state index < -0.39 is 0 Å². The average molecular weight is 758 g/mol. The number of aromatic nitrogens is 1. The van der Waals surface area contributed by atoms with Gasteiger partial charge in [-0.3, -0.25) is 29.0 Å². The Labute approximate surface area is 335 Å². The molecule has 4 amide bonds. The van der Waals surface area contributed by atoms with Crippen LogP contribution in [-0.4, -0.2) is 50.1 Å². The molecule has 4 aromatic carbocycles. The van der Waals surface area contributed by atoms with Crippen LogP contribution < -0.4 is 0 Å². The first kappa shape index (κ1) is 37.0. The van der Waals surface area contributed by atoms with E-state index in [1.54, 1.807) is 0 Å². The summed E-state index contributed by atoms with van der Waals surface area (Å²) in [6.45, 7) is 3.19. The van der Waals surface area contributed by atoms with Gasteiger partial charge in [0.2, 0.25) is 0 Å². The molecule has 0 saturated heterocycles. The van der Waals surface area contributed by atoms with Crippen molar-refractivity contribution in [3.8, 4) is 0 Å². The van der Waals surface area contributed by atoms with Crippen molar-refractivity contribution in [2.24, 2.45) is 0 Å². The van der Waals surface area contributed by atoms with Crippen molar-refractivity contribution in [2.45, 2.75) is 115 Å². The zero-order chi connectivity index (χ0) is 39.0. The Morgan fingerprint density at radius 2 is 0.877 bits per heavy atom. The second-order valence-corrected chi connectivity index (χ2v) is 16.6. The third-order valence-electron chi connectivity index (χ3n) is 12.8. The van der Waals surface area contributed by atoms with E-state index in [-0.39, 0.29) is 35.7 Å². The molecule has 1 aromatic heterocycles. The topological polar surface area (TPSA) is 79.7 Å². The monoisotopic (exact) mass is 757 g/mol. The van der Waals surface area contributed by atoms with Gasteiger partial charge in [-0.2, -0.15) is 0 Å². The van der Waals surface area contributed by atoms with Crippen LogP contribution in [0.4, 0.5) is 0 Å². The van der Waals surface area contributed by atoms with Crippen LogP contribution in [0.3, 0.4) is 0 Å². The van der Waals surface area contributed by atoms with E-state index >= 15 is 0 Å². The number of benzene rings is 4. The van der Waals surface area contributed by atoms with Crippen molar-refractivity contribution in [2.75, 3.05) is 0 Å². The molecule has 3 heterocycles. The largest absolute Gasteiger partial charge is 0.340 e. The second-order valence-electron chi connectivity index (χ2n) is 16.6. The van der Waals surface area contributed by atoms with Gasteiger partial charge in [-0.25, -0.2) is 0 Å². The normalized spacial score (nSPS) is 18.1. The third kappa shape index (κ3) is 6.96. The summed E-state index contributed by atoms with van der Waals surface area (Å²) in [6.07, 6.45) is 23.1. The molecule has 0 radical (unpaired) electrons. The summed E-state index contributed by atoms with van der Waals surface area (Å²) < 4.78 is 2.45. The van der Waals surface area contributed by atoms with Gasteiger partial charge < -0.3 is 4.57 Å². The summed E-state index contributed by atoms with van der Waals surface area (Å²) in [6, 6.07) is 24.5. The Morgan fingerprint density at radius 3 is 1.32 bits per heavy atom. The highest BCUT2D eigenvalue weighted by Crippen LogP contribution is 2.35. The van der Waals surface area contributed by atoms with Crippen molar-refractivity contribution < 1.29 is 19.2 Å². The first-order chi connectivity index (χ1) is 27.9. The van der Waals surface area contributed by atoms with Crippen LogP contribution in [-0.2, 0) is 6.54 Å². The first-order valence-corrected chi connectivity index (χ1v) is 21.4. The smallest absolute Gasteiger partial charge is 0.261 e. The first-order valence-electron chi connectivity index (χ1n) is 21.4. The van der Waals surface area contributed by atoms with Gasteiger partial charge in [0.05, 0.1) is 22.3 Å². The Kier molecular flexibility index (Phi) is 10.2. The van der Waals surface area contributed by atoms with Crippen LogP contribution in [0.15, 0.2) is 72.8 Å². The molecule has 0 spiro atoms. The molecule has 9 rings (SSSR count). The number of rotatable bonds is 11. The van der Waals surface area contributed by atoms with Gasteiger partial charge in [-0.1, -0.05) is 113 Å². The van der Waals surface area contributed by atoms with E-state index in [1.165, 1.54) is 63.7 Å². The lowest BCUT2D eigenvalue weighted by molar-refractivity contribution is 0.0533. The van der Waals surface area contributed by atoms with Crippen LogP contribution in [0.2, 0.25) is 0 Å². The van der Waals surface area contributed by atoms with Gasteiger partial charge in [0.15, 0.2) is 0 Å². The van der Waals surface area contributed by atoms with Crippen LogP contribution in [0, 0.1) is 0 Å². The van der Waals surface area contributed by atoms with E-state index in [0.29, 0.717) is 22.3 Å². The summed E-state index contributed by atoms with van der Waals surface area (Å²) in [5.41, 5.74) is 8.36. The molecule has 57 heavy (non-hydrogen) atoms. The lowest BCUT2D eigenvalue weighted by atomic mass is 9.94. The quantitative estimate of drug-likeness (QED) is 0.0763. The molecule has 0 bridgehead atoms. The molecule has 5 aromatic rings. The van der Waals surface area contributed by atoms with Crippen molar-refractivity contribution in [1.29, 1.82) is 0 Å². The van der Waals surface area contributed by atoms with Crippen molar-refractivity contribution in [3.05, 3.63) is 117 Å². The second kappa shape index (κ2) is 15.8. The molecule has 290 valence electrons. The molecule has 7 nitrogen and oxygen atoms in total. The fourth-order valence-electron chi connectivity index (χ4n) is 9.77. The van der Waals surface area contributed by atoms with Gasteiger partial charge in [0.1, 0.15) is 0 Å². The number of hydrogen-bond acceptors (Lipinski definition) is 4. The number of fused-ring (bicyclic) bond motifs is 5. The van der Waals surface area contributed by atoms with Crippen LogP contribution >= 0.6 is 0 Å². The standard InChI is InChI=1S/C50H51N3O4/c1-2-3-4-11-28-51-45-26-22-35(18-16-33-20-24-39-43(31-33)49(56)52(47(39)54)37-12-7-5-8-13-37)29-41(45)42-30-36(23-27-46(42)51)19-17-34-21-25-40-44(32-34)50(57)53(48(40)55)38-14-9-6-10-15-38/h16-27,29-32,37-38H,2-15,28H2,1H3/b18-16+,19-17+. The minimum absolute atomic E-state index is 0.00965. The van der Waals surface area contributed by atoms with E-state index in [0.717, 1.165) is 86.6 Å². The Balaban J connectivity index is 0.994. The predicted molar refractivity (Wildman–Crippen MR) is 229 cm³/mol. The number of nitrogens with zero attached hydrogens (tertiary/aromatic N) is 3. The van der Waals surface area contributed by atoms with Gasteiger partial charge in [-0.05, 0) is 103 Å². The Hall–Kier alpha value is -5.56. The summed E-state index contributed by atoms with van der Waals surface area (Å²) in [7, 11) is 0. The molecule has 2 saturated carbocycles. The third-order valence-corrected chi connectivity index (χ3v) is 12.8. The zero-order valence-corrected chi connectivity index (χ0v) is 33.0. The van der Waals surface area contributed by atoms with Crippen molar-refractivity contribution in [3.63, 3.8) is 0 Å². The van der Waals surface area contributed by atoms with Gasteiger partial charge >= 0.3 is 0 Å². The molecule has 2 aliphatic heterocycles. The number of imide groups is 2. The molecule has 0 unspecified atom stereocenters. The van der Waals surface area contributed by atoms with E-state index in [1.807, 2.05) is 48.6 Å². The fraction of sp³-hybridized carbons (Fsp3) is 0.360. The maximum atomic E-state index is 13.5. The van der Waals surface area contributed by atoms with Crippen molar-refractivity contribution >= 4 is 69.7 Å². The van der Waals surface area contributed by atoms with Crippen molar-refractivity contribution in [1.82, 2.24) is 14.4 Å². The molecule has 2 aliphatic carbocycles. The summed E-state index contributed by atoms with van der Waals surface area (Å²) in [5, 5.41) is 2.36. The fourth-order valence-corrected chi connectivity index (χ4v) is 9.77. The van der Waals surface area contributed by atoms with Gasteiger partial charge in [0, 0.05) is 40.4 Å². The Bertz CT molecular complexity index is 2310. The molecule has 0 atom stereocenters. The molecule has 7 heteroatoms. The summed E-state index contributed by atoms with van der Waals surface area (Å²) in [4.78, 5) is 56.4. The van der Waals surface area contributed by atoms with Gasteiger partial charge in [-0.15, -0.1) is 0 Å². The summed E-state index contributed by atoms with van der Waals surface area (Å²) >= 11 is 0. The molecular weight excluding hydrogens is 707 g/mol. The number of hydrogen-bond donors (Lipinski definition) is 0. The molecule has 4 aliphatic rings. The van der Waals surface area contributed by atoms with Crippen LogP contribution in [0.1, 0.15) is 161 Å². The number of aryl methyl sites for hydroxylation is 1. The van der Waals surface area contributed by atoms with E-state index in [2.05, 4.69) is 60.0 Å². The lowest BCUT2D eigenvalue weighted by Gasteiger charge is -2.29. The average Bonchev–Trinajstić information content (AvgIpc) is 3.79. The number of carbonyl (C=O) groups excluding carboxylic acids is 4. The van der Waals surface area contributed by atoms with Gasteiger partial charge in [0.25, 0.3) is 23.6 Å². The molecule has 0 N–H and O–H groups in total. The number of amides is 4. The minimum Gasteiger partial charge on any atom is -0.340 e. The Morgan fingerprint density at radius 1 is 0.474 bits per heavy atom. The molecular formula is C50H51N3O4. The lowest BCUT2D eigenvalue weighted by Crippen LogP contribution is -2.40. The highest BCUT2D eigenvalue weighted by Gasteiger charge is 2.41. The van der Waals surface area contributed by atoms with Crippen LogP contribution in [0.25, 0.3) is 46.1 Å². The molecule has 2 fully saturated rings. The van der Waals surface area contributed by atoms with E-state index in [4.69, 9.17) is 0 Å². The van der Waals surface area contributed by atoms with E-state index in [9.17, 15) is 19.2 Å². The predicted octanol–water partition coefficient (Wildman–Crippen LogP) is 11.6. The number of carbonyl (C=O) groups is 4. The van der Waals surface area contributed by atoms with Crippen LogP contribution in [0.5, 0.6) is 0 Å². The maximum Gasteiger partial charge on any atom is 0.261 e. The zero-order valence-electron chi connectivity index (χ0n) is 33.0. The highest BCUT2D eigenvalue weighted by molar-refractivity contribution is 6.22.